The average Bonchev–Trinajstić information content (AvgIpc) is 2.72. The van der Waals surface area contributed by atoms with Crippen molar-refractivity contribution in [1.29, 1.82) is 0 Å². The number of aliphatic hydroxyl groups excluding tert-OH is 1. The highest BCUT2D eigenvalue weighted by molar-refractivity contribution is 5.73. The largest absolute Gasteiger partial charge is 0.388 e. The van der Waals surface area contributed by atoms with Crippen molar-refractivity contribution in [2.45, 2.75) is 82.1 Å². The van der Waals surface area contributed by atoms with Gasteiger partial charge in [-0.05, 0) is 12.8 Å². The molecule has 1 aliphatic carbocycles. The fourth-order valence-corrected chi connectivity index (χ4v) is 4.27. The summed E-state index contributed by atoms with van der Waals surface area (Å²) in [5.74, 6) is -0.241. The van der Waals surface area contributed by atoms with E-state index < -0.39 is 36.9 Å². The third-order valence-corrected chi connectivity index (χ3v) is 5.69. The number of ether oxygens (including phenoxy) is 4. The Hall–Kier alpha value is -1.51. The first-order valence-corrected chi connectivity index (χ1v) is 10.2. The topological polar surface area (TPSA) is 86.3 Å². The molecule has 2 N–H and O–H groups in total. The maximum atomic E-state index is 11.7. The van der Waals surface area contributed by atoms with Gasteiger partial charge in [0.05, 0.1) is 12.7 Å². The van der Waals surface area contributed by atoms with Crippen LogP contribution in [0.3, 0.4) is 0 Å². The fraction of sp³-hybridized carbons (Fsp3) is 0.667. The summed E-state index contributed by atoms with van der Waals surface area (Å²) in [4.78, 5) is 11.7. The van der Waals surface area contributed by atoms with Gasteiger partial charge in [-0.25, -0.2) is 0 Å². The summed E-state index contributed by atoms with van der Waals surface area (Å²) in [6.45, 7) is 1.71. The summed E-state index contributed by atoms with van der Waals surface area (Å²) in [5.41, 5.74) is 0.879. The van der Waals surface area contributed by atoms with Crippen LogP contribution in [-0.4, -0.2) is 54.4 Å². The van der Waals surface area contributed by atoms with E-state index in [1.54, 1.807) is 0 Å². The molecule has 0 bridgehead atoms. The van der Waals surface area contributed by atoms with Gasteiger partial charge in [-0.1, -0.05) is 49.6 Å². The van der Waals surface area contributed by atoms with Crippen LogP contribution in [0, 0.1) is 0 Å². The van der Waals surface area contributed by atoms with E-state index in [1.807, 2.05) is 30.3 Å². The van der Waals surface area contributed by atoms with Crippen molar-refractivity contribution in [2.24, 2.45) is 0 Å². The van der Waals surface area contributed by atoms with Gasteiger partial charge < -0.3 is 29.4 Å². The normalized spacial score (nSPS) is 36.5. The van der Waals surface area contributed by atoms with Crippen molar-refractivity contribution in [1.82, 2.24) is 5.32 Å². The molecule has 7 nitrogen and oxygen atoms in total. The lowest BCUT2D eigenvalue weighted by Crippen LogP contribution is -2.67. The molecule has 28 heavy (non-hydrogen) atoms. The molecule has 0 aromatic heterocycles. The van der Waals surface area contributed by atoms with Gasteiger partial charge >= 0.3 is 0 Å². The minimum Gasteiger partial charge on any atom is -0.388 e. The second-order valence-electron chi connectivity index (χ2n) is 7.83. The standard InChI is InChI=1S/C21H29NO6/c1-13(23)22-17-18(24)19-16(27-21(17)26-15-10-6-3-7-11-15)12-25-20(28-19)14-8-4-2-5-9-14/h2,4-5,8-9,15-21,24H,3,6-7,10-12H2,1H3,(H,22,23)/t16?,17-,18-,19-,20?,21-/m0/s1. The van der Waals surface area contributed by atoms with Gasteiger partial charge in [0.1, 0.15) is 24.4 Å². The van der Waals surface area contributed by atoms with Gasteiger partial charge in [0.2, 0.25) is 5.91 Å². The lowest BCUT2D eigenvalue weighted by molar-refractivity contribution is -0.349. The number of hydrogen-bond acceptors (Lipinski definition) is 6. The Bertz CT molecular complexity index is 650. The molecular formula is C21H29NO6. The summed E-state index contributed by atoms with van der Waals surface area (Å²) in [6.07, 6.45) is 2.20. The number of benzene rings is 1. The van der Waals surface area contributed by atoms with Gasteiger partial charge in [0.15, 0.2) is 12.6 Å². The van der Waals surface area contributed by atoms with E-state index in [2.05, 4.69) is 5.32 Å². The molecule has 1 aromatic carbocycles. The minimum atomic E-state index is -0.952. The summed E-state index contributed by atoms with van der Waals surface area (Å²) in [6, 6.07) is 8.90. The number of carbonyl (C=O) groups excluding carboxylic acids is 1. The fourth-order valence-electron chi connectivity index (χ4n) is 4.27. The van der Waals surface area contributed by atoms with Crippen molar-refractivity contribution in [3.8, 4) is 0 Å². The molecule has 0 radical (unpaired) electrons. The average molecular weight is 391 g/mol. The minimum absolute atomic E-state index is 0.0845. The van der Waals surface area contributed by atoms with Gasteiger partial charge in [-0.3, -0.25) is 4.79 Å². The lowest BCUT2D eigenvalue weighted by Gasteiger charge is -2.48. The molecular weight excluding hydrogens is 362 g/mol. The molecule has 2 aliphatic heterocycles. The van der Waals surface area contributed by atoms with Crippen LogP contribution in [0.4, 0.5) is 0 Å². The molecule has 3 fully saturated rings. The Kier molecular flexibility index (Phi) is 6.28. The Morgan fingerprint density at radius 2 is 1.89 bits per heavy atom. The zero-order chi connectivity index (χ0) is 19.5. The predicted molar refractivity (Wildman–Crippen MR) is 100 cm³/mol. The van der Waals surface area contributed by atoms with Crippen molar-refractivity contribution < 1.29 is 28.8 Å². The molecule has 7 heteroatoms. The molecule has 6 atom stereocenters. The van der Waals surface area contributed by atoms with E-state index in [4.69, 9.17) is 18.9 Å². The van der Waals surface area contributed by atoms with Gasteiger partial charge in [0.25, 0.3) is 0 Å². The van der Waals surface area contributed by atoms with E-state index >= 15 is 0 Å². The molecule has 4 rings (SSSR count). The van der Waals surface area contributed by atoms with Crippen LogP contribution >= 0.6 is 0 Å². The molecule has 1 aromatic rings. The molecule has 1 saturated carbocycles. The molecule has 154 valence electrons. The first-order valence-electron chi connectivity index (χ1n) is 10.2. The number of rotatable bonds is 4. The van der Waals surface area contributed by atoms with E-state index in [0.29, 0.717) is 6.61 Å². The van der Waals surface area contributed by atoms with Crippen LogP contribution in [0.5, 0.6) is 0 Å². The molecule has 1 amide bonds. The maximum Gasteiger partial charge on any atom is 0.217 e. The van der Waals surface area contributed by atoms with Crippen LogP contribution in [-0.2, 0) is 23.7 Å². The molecule has 0 spiro atoms. The highest BCUT2D eigenvalue weighted by atomic mass is 16.7. The lowest BCUT2D eigenvalue weighted by atomic mass is 9.94. The van der Waals surface area contributed by atoms with Crippen molar-refractivity contribution in [3.05, 3.63) is 35.9 Å². The van der Waals surface area contributed by atoms with Crippen molar-refractivity contribution in [3.63, 3.8) is 0 Å². The zero-order valence-electron chi connectivity index (χ0n) is 16.2. The van der Waals surface area contributed by atoms with E-state index in [9.17, 15) is 9.90 Å². The SMILES string of the molecule is CC(=O)N[C@@H]1[C@@H](OC2CCCCC2)OC2COC(c3ccccc3)O[C@@H]2[C@H]1O. The zero-order valence-corrected chi connectivity index (χ0v) is 16.2. The molecule has 2 saturated heterocycles. The number of carbonyl (C=O) groups is 1. The third kappa shape index (κ3) is 4.39. The smallest absolute Gasteiger partial charge is 0.217 e. The number of fused-ring (bicyclic) bond motifs is 1. The molecule has 2 heterocycles. The van der Waals surface area contributed by atoms with E-state index in [-0.39, 0.29) is 12.0 Å². The number of aliphatic hydroxyl groups is 1. The van der Waals surface area contributed by atoms with Crippen LogP contribution in [0.2, 0.25) is 0 Å². The van der Waals surface area contributed by atoms with Gasteiger partial charge in [-0.2, -0.15) is 0 Å². The summed E-state index contributed by atoms with van der Waals surface area (Å²) in [5, 5.41) is 13.8. The Morgan fingerprint density at radius 1 is 1.14 bits per heavy atom. The first-order chi connectivity index (χ1) is 13.6. The highest BCUT2D eigenvalue weighted by Gasteiger charge is 2.50. The maximum absolute atomic E-state index is 11.7. The van der Waals surface area contributed by atoms with Crippen molar-refractivity contribution >= 4 is 5.91 Å². The van der Waals surface area contributed by atoms with Gasteiger partial charge in [-0.15, -0.1) is 0 Å². The summed E-state index contributed by atoms with van der Waals surface area (Å²) < 4.78 is 24.2. The van der Waals surface area contributed by atoms with E-state index in [0.717, 1.165) is 31.2 Å². The second-order valence-corrected chi connectivity index (χ2v) is 7.83. The second kappa shape index (κ2) is 8.88. The number of hydrogen-bond donors (Lipinski definition) is 2. The Morgan fingerprint density at radius 3 is 2.61 bits per heavy atom. The predicted octanol–water partition coefficient (Wildman–Crippen LogP) is 2.04. The van der Waals surface area contributed by atoms with E-state index in [1.165, 1.54) is 13.3 Å². The van der Waals surface area contributed by atoms with Crippen LogP contribution in [0.25, 0.3) is 0 Å². The summed E-state index contributed by atoms with van der Waals surface area (Å²) >= 11 is 0. The highest BCUT2D eigenvalue weighted by Crippen LogP contribution is 2.35. The van der Waals surface area contributed by atoms with Crippen LogP contribution < -0.4 is 5.32 Å². The molecule has 3 aliphatic rings. The van der Waals surface area contributed by atoms with Crippen LogP contribution in [0.15, 0.2) is 30.3 Å². The number of amides is 1. The quantitative estimate of drug-likeness (QED) is 0.817. The summed E-state index contributed by atoms with van der Waals surface area (Å²) in [7, 11) is 0. The van der Waals surface area contributed by atoms with Gasteiger partial charge in [0, 0.05) is 12.5 Å². The number of nitrogens with one attached hydrogen (secondary N) is 1. The van der Waals surface area contributed by atoms with Crippen LogP contribution in [0.1, 0.15) is 50.9 Å². The first kappa shape index (κ1) is 19.8. The third-order valence-electron chi connectivity index (χ3n) is 5.69. The molecule has 2 unspecified atom stereocenters. The Labute approximate surface area is 165 Å². The van der Waals surface area contributed by atoms with Crippen molar-refractivity contribution in [2.75, 3.05) is 6.61 Å². The Balaban J connectivity index is 1.48. The monoisotopic (exact) mass is 391 g/mol.